The number of rotatable bonds is 3. The van der Waals surface area contributed by atoms with Crippen molar-refractivity contribution in [1.29, 1.82) is 0 Å². The van der Waals surface area contributed by atoms with Crippen LogP contribution in [-0.4, -0.2) is 56.8 Å². The van der Waals surface area contributed by atoms with Gasteiger partial charge in [0.15, 0.2) is 0 Å². The monoisotopic (exact) mass is 324 g/mol. The molecule has 0 aliphatic rings. The van der Waals surface area contributed by atoms with Crippen molar-refractivity contribution >= 4 is 10.4 Å². The van der Waals surface area contributed by atoms with Crippen LogP contribution in [0.4, 0.5) is 0 Å². The van der Waals surface area contributed by atoms with Crippen LogP contribution in [0.3, 0.4) is 0 Å². The molecule has 18 heavy (non-hydrogen) atoms. The molecule has 0 heterocycles. The molecule has 0 rings (SSSR count). The zero-order valence-electron chi connectivity index (χ0n) is 9.77. The molecule has 0 unspecified atom stereocenters. The van der Waals surface area contributed by atoms with Crippen LogP contribution < -0.4 is 0 Å². The molecule has 0 spiro atoms. The number of nitrogens with one attached hydrogen (secondary N) is 6. The van der Waals surface area contributed by atoms with Crippen LogP contribution in [0.2, 0.25) is 0 Å². The maximum atomic E-state index is 8.74. The molecule has 0 saturated heterocycles. The smallest absolute Gasteiger partial charge is 0.679 e. The van der Waals surface area contributed by atoms with Gasteiger partial charge in [-0.3, -0.25) is 9.11 Å². The molecule has 0 fully saturated rings. The summed E-state index contributed by atoms with van der Waals surface area (Å²) in [6, 6.07) is 0. The van der Waals surface area contributed by atoms with Crippen molar-refractivity contribution in [3.8, 4) is 0 Å². The molecule has 1 radical (unpaired) electrons. The van der Waals surface area contributed by atoms with E-state index in [1.807, 2.05) is 0 Å². The van der Waals surface area contributed by atoms with Crippen molar-refractivity contribution in [2.75, 3.05) is 39.3 Å². The summed E-state index contributed by atoms with van der Waals surface area (Å²) in [5, 5.41) is 0. The van der Waals surface area contributed by atoms with E-state index in [-0.39, 0.29) is 56.6 Å². The quantitative estimate of drug-likeness (QED) is 0.747. The van der Waals surface area contributed by atoms with Crippen molar-refractivity contribution in [3.05, 3.63) is 34.4 Å². The van der Waals surface area contributed by atoms with Gasteiger partial charge in [0, 0.05) is 0 Å². The van der Waals surface area contributed by atoms with Gasteiger partial charge in [0.1, 0.15) is 0 Å². The van der Waals surface area contributed by atoms with Gasteiger partial charge in [-0.1, -0.05) is 0 Å². The molecular weight excluding hydrogens is 304 g/mol. The molecule has 0 bridgehead atoms. The van der Waals surface area contributed by atoms with E-state index < -0.39 is 10.4 Å². The van der Waals surface area contributed by atoms with Gasteiger partial charge in [-0.15, -0.1) is 0 Å². The first kappa shape index (κ1) is 30.9. The summed E-state index contributed by atoms with van der Waals surface area (Å²) < 4.78 is 31.6. The summed E-state index contributed by atoms with van der Waals surface area (Å²) in [7, 11) is -4.67. The molecule has 0 aromatic rings. The molecule has 0 amide bonds. The summed E-state index contributed by atoms with van der Waals surface area (Å²) in [6.45, 7) is 1.42. The Kier molecular flexibility index (Phi) is 52.0. The maximum Gasteiger partial charge on any atom is 3.00 e. The average Bonchev–Trinajstić information content (AvgIpc) is 2.27. The largest absolute Gasteiger partial charge is 3.00 e. The predicted octanol–water partition coefficient (Wildman–Crippen LogP) is 2.62. The molecule has 12 heteroatoms. The Hall–Kier alpha value is 0.162. The second-order valence-electron chi connectivity index (χ2n) is 1.95. The Balaban J connectivity index is -0.0000000412. The van der Waals surface area contributed by atoms with Crippen molar-refractivity contribution in [2.45, 2.75) is 0 Å². The van der Waals surface area contributed by atoms with Crippen LogP contribution in [0.5, 0.6) is 0 Å². The standard InChI is InChI=1S/3C2H6N2.Cr.H2O4S/c3*3-1-2-4;;1-5(2,3)4/h3*3-4H,1-2H2;;(H2,1,2,3,4)/q3*-2;+3;. The zero-order chi connectivity index (χ0) is 14.7. The van der Waals surface area contributed by atoms with Crippen LogP contribution in [0.25, 0.3) is 34.4 Å². The molecule has 10 nitrogen and oxygen atoms in total. The Morgan fingerprint density at radius 3 is 0.667 bits per heavy atom. The van der Waals surface area contributed by atoms with Crippen LogP contribution in [0.1, 0.15) is 0 Å². The minimum Gasteiger partial charge on any atom is -0.679 e. The second-order valence-corrected chi connectivity index (χ2v) is 2.84. The van der Waals surface area contributed by atoms with E-state index in [1.54, 1.807) is 0 Å². The Morgan fingerprint density at radius 1 is 0.611 bits per heavy atom. The number of hydrogen-bond acceptors (Lipinski definition) is 2. The van der Waals surface area contributed by atoms with Crippen molar-refractivity contribution < 1.29 is 34.9 Å². The van der Waals surface area contributed by atoms with Crippen LogP contribution in [-0.2, 0) is 27.8 Å². The average molecular weight is 324 g/mol. The Morgan fingerprint density at radius 2 is 0.667 bits per heavy atom. The van der Waals surface area contributed by atoms with E-state index in [9.17, 15) is 0 Å². The third-order valence-electron chi connectivity index (χ3n) is 0.375. The number of hydrogen-bond donors (Lipinski definition) is 2. The van der Waals surface area contributed by atoms with Gasteiger partial charge in [-0.05, 0) is 0 Å². The predicted molar refractivity (Wildman–Crippen MR) is 69.3 cm³/mol. The topological polar surface area (TPSA) is 217 Å². The van der Waals surface area contributed by atoms with Crippen LogP contribution >= 0.6 is 0 Å². The van der Waals surface area contributed by atoms with Crippen LogP contribution in [0.15, 0.2) is 0 Å². The van der Waals surface area contributed by atoms with Gasteiger partial charge < -0.3 is 34.4 Å². The summed E-state index contributed by atoms with van der Waals surface area (Å²) in [5.41, 5.74) is 37.6. The van der Waals surface area contributed by atoms with E-state index in [0.29, 0.717) is 0 Å². The first-order valence-electron chi connectivity index (χ1n) is 4.32. The molecular formula is C6H20CrN6O4S-3. The molecule has 8 N–H and O–H groups in total. The molecule has 0 aromatic heterocycles. The van der Waals surface area contributed by atoms with Crippen molar-refractivity contribution in [3.63, 3.8) is 0 Å². The van der Waals surface area contributed by atoms with Crippen molar-refractivity contribution in [1.82, 2.24) is 0 Å². The van der Waals surface area contributed by atoms with Crippen LogP contribution in [0, 0.1) is 0 Å². The second kappa shape index (κ2) is 30.3. The van der Waals surface area contributed by atoms with E-state index in [2.05, 4.69) is 0 Å². The summed E-state index contributed by atoms with van der Waals surface area (Å²) in [6.07, 6.45) is 0. The molecule has 0 aromatic carbocycles. The van der Waals surface area contributed by atoms with E-state index in [0.717, 1.165) is 0 Å². The normalized spacial score (nSPS) is 8.22. The molecule has 0 aliphatic heterocycles. The molecule has 0 aliphatic carbocycles. The summed E-state index contributed by atoms with van der Waals surface area (Å²) >= 11 is 0. The first-order valence-corrected chi connectivity index (χ1v) is 5.72. The van der Waals surface area contributed by atoms with Gasteiger partial charge in [0.2, 0.25) is 0 Å². The first-order chi connectivity index (χ1) is 7.74. The fourth-order valence-corrected chi connectivity index (χ4v) is 0. The van der Waals surface area contributed by atoms with Gasteiger partial charge >= 0.3 is 27.8 Å². The maximum absolute atomic E-state index is 8.74. The Bertz CT molecular complexity index is 171. The molecule has 113 valence electrons. The summed E-state index contributed by atoms with van der Waals surface area (Å²) in [4.78, 5) is 0. The zero-order valence-corrected chi connectivity index (χ0v) is 11.9. The fraction of sp³-hybridized carbons (Fsp3) is 1.00. The minimum atomic E-state index is -4.67. The minimum absolute atomic E-state index is 0. The van der Waals surface area contributed by atoms with E-state index in [1.165, 1.54) is 0 Å². The van der Waals surface area contributed by atoms with Crippen molar-refractivity contribution in [2.24, 2.45) is 0 Å². The van der Waals surface area contributed by atoms with E-state index >= 15 is 0 Å². The summed E-state index contributed by atoms with van der Waals surface area (Å²) in [5.74, 6) is 0. The molecule has 0 saturated carbocycles. The van der Waals surface area contributed by atoms with Gasteiger partial charge in [0.05, 0.1) is 0 Å². The Labute approximate surface area is 119 Å². The van der Waals surface area contributed by atoms with Gasteiger partial charge in [-0.25, -0.2) is 0 Å². The third kappa shape index (κ3) is 372. The van der Waals surface area contributed by atoms with Gasteiger partial charge in [-0.2, -0.15) is 47.7 Å². The molecule has 0 atom stereocenters. The van der Waals surface area contributed by atoms with Gasteiger partial charge in [0.25, 0.3) is 0 Å². The fourth-order valence-electron chi connectivity index (χ4n) is 0. The van der Waals surface area contributed by atoms with E-state index in [4.69, 9.17) is 51.9 Å². The third-order valence-corrected chi connectivity index (χ3v) is 0.375. The SMILES string of the molecule is O=S(=O)(O)O.[Cr+3].[NH-]CC[NH-].[NH-]CC[NH-].[NH-]CC[NH-].